The smallest absolute Gasteiger partial charge is 0.223 e. The molecule has 0 aromatic heterocycles. The fourth-order valence-electron chi connectivity index (χ4n) is 5.61. The van der Waals surface area contributed by atoms with Crippen LogP contribution in [0, 0.1) is 23.7 Å². The van der Waals surface area contributed by atoms with Gasteiger partial charge in [-0.15, -0.1) is 0 Å². The maximum Gasteiger partial charge on any atom is 0.223 e. The highest BCUT2D eigenvalue weighted by molar-refractivity contribution is 5.79. The molecule has 0 radical (unpaired) electrons. The van der Waals surface area contributed by atoms with E-state index in [0.29, 0.717) is 43.8 Å². The van der Waals surface area contributed by atoms with E-state index in [2.05, 4.69) is 25.2 Å². The van der Waals surface area contributed by atoms with Crippen LogP contribution in [0.5, 0.6) is 11.5 Å². The van der Waals surface area contributed by atoms with Gasteiger partial charge in [-0.3, -0.25) is 4.79 Å². The van der Waals surface area contributed by atoms with Gasteiger partial charge in [-0.05, 0) is 80.4 Å². The predicted octanol–water partition coefficient (Wildman–Crippen LogP) is 4.74. The van der Waals surface area contributed by atoms with Crippen molar-refractivity contribution in [3.8, 4) is 11.5 Å². The molecule has 40 heavy (non-hydrogen) atoms. The Balaban J connectivity index is 1.98. The van der Waals surface area contributed by atoms with E-state index in [4.69, 9.17) is 24.7 Å². The molecule has 0 bridgehead atoms. The van der Waals surface area contributed by atoms with Gasteiger partial charge in [0.25, 0.3) is 0 Å². The molecule has 4 N–H and O–H groups in total. The molecule has 0 aliphatic heterocycles. The molecule has 0 unspecified atom stereocenters. The number of carbonyl (C=O) groups excluding carboxylic acids is 1. The van der Waals surface area contributed by atoms with Crippen LogP contribution < -0.4 is 20.5 Å². The van der Waals surface area contributed by atoms with E-state index in [9.17, 15) is 9.90 Å². The molecule has 8 heteroatoms. The fraction of sp³-hybridized carbons (Fsp3) is 0.781. The van der Waals surface area contributed by atoms with Gasteiger partial charge in [0.05, 0.1) is 25.9 Å². The van der Waals surface area contributed by atoms with Crippen molar-refractivity contribution in [1.29, 1.82) is 0 Å². The Hall–Kier alpha value is -1.87. The van der Waals surface area contributed by atoms with Crippen molar-refractivity contribution in [3.63, 3.8) is 0 Å². The van der Waals surface area contributed by atoms with Gasteiger partial charge in [0.1, 0.15) is 0 Å². The normalized spacial score (nSPS) is 20.7. The summed E-state index contributed by atoms with van der Waals surface area (Å²) in [7, 11) is 5.08. The average Bonchev–Trinajstić information content (AvgIpc) is 2.93. The van der Waals surface area contributed by atoms with E-state index < -0.39 is 12.1 Å². The van der Waals surface area contributed by atoms with Gasteiger partial charge in [0, 0.05) is 45.2 Å². The summed E-state index contributed by atoms with van der Waals surface area (Å²) in [4.78, 5) is 13.2. The monoisotopic (exact) mass is 564 g/mol. The minimum Gasteiger partial charge on any atom is -0.493 e. The molecule has 8 nitrogen and oxygen atoms in total. The molecule has 4 atom stereocenters. The molecule has 0 saturated heterocycles. The zero-order chi connectivity index (χ0) is 29.7. The van der Waals surface area contributed by atoms with Crippen molar-refractivity contribution < 1.29 is 28.8 Å². The number of amides is 1. The second-order valence-electron chi connectivity index (χ2n) is 12.2. The lowest BCUT2D eigenvalue weighted by Crippen LogP contribution is -2.46. The number of methoxy groups -OCH3 is 3. The number of ether oxygens (including phenoxy) is 4. The second kappa shape index (κ2) is 17.8. The number of hydrogen-bond donors (Lipinski definition) is 3. The highest BCUT2D eigenvalue weighted by Gasteiger charge is 2.31. The molecule has 0 spiro atoms. The number of nitrogens with two attached hydrogens (primary N) is 1. The average molecular weight is 565 g/mol. The van der Waals surface area contributed by atoms with Gasteiger partial charge in [0.2, 0.25) is 5.91 Å². The first-order valence-corrected chi connectivity index (χ1v) is 15.1. The van der Waals surface area contributed by atoms with E-state index in [0.717, 1.165) is 49.8 Å². The number of aliphatic hydroxyl groups is 1. The van der Waals surface area contributed by atoms with Crippen molar-refractivity contribution >= 4 is 5.91 Å². The molecule has 1 aliphatic carbocycles. The molecule has 1 saturated carbocycles. The Morgan fingerprint density at radius 3 is 2.27 bits per heavy atom. The van der Waals surface area contributed by atoms with Crippen molar-refractivity contribution in [2.75, 3.05) is 34.5 Å². The number of nitrogens with one attached hydrogen (secondary N) is 1. The summed E-state index contributed by atoms with van der Waals surface area (Å²) in [5, 5.41) is 14.4. The first kappa shape index (κ1) is 34.3. The van der Waals surface area contributed by atoms with E-state index in [1.54, 1.807) is 21.3 Å². The van der Waals surface area contributed by atoms with Crippen molar-refractivity contribution in [3.05, 3.63) is 23.8 Å². The molecule has 0 heterocycles. The number of carbonyl (C=O) groups is 1. The molecule has 230 valence electrons. The van der Waals surface area contributed by atoms with Crippen LogP contribution in [0.25, 0.3) is 0 Å². The Labute approximate surface area is 242 Å². The third kappa shape index (κ3) is 11.2. The highest BCUT2D eigenvalue weighted by atomic mass is 16.5. The predicted molar refractivity (Wildman–Crippen MR) is 160 cm³/mol. The third-order valence-corrected chi connectivity index (χ3v) is 8.48. The SMILES string of the molecule is COCCCOc1cc(C[C@@H](C[C@H](N)[C@@H](O)C[C@H](C(=O)N[C@H]2CC[C@@H](OC)CC2)C(C)C)C(C)C)ccc1OC. The van der Waals surface area contributed by atoms with Gasteiger partial charge < -0.3 is 35.1 Å². The summed E-state index contributed by atoms with van der Waals surface area (Å²) in [5.74, 6) is 1.93. The van der Waals surface area contributed by atoms with Gasteiger partial charge in [-0.2, -0.15) is 0 Å². The first-order valence-electron chi connectivity index (χ1n) is 15.1. The molecule has 1 aromatic carbocycles. The van der Waals surface area contributed by atoms with Crippen LogP contribution in [-0.4, -0.2) is 69.8 Å². The van der Waals surface area contributed by atoms with E-state index in [1.165, 1.54) is 0 Å². The Bertz CT molecular complexity index is 856. The Kier molecular flexibility index (Phi) is 15.3. The fourth-order valence-corrected chi connectivity index (χ4v) is 5.61. The lowest BCUT2D eigenvalue weighted by atomic mass is 9.80. The second-order valence-corrected chi connectivity index (χ2v) is 12.2. The third-order valence-electron chi connectivity index (χ3n) is 8.48. The summed E-state index contributed by atoms with van der Waals surface area (Å²) in [6.45, 7) is 9.67. The van der Waals surface area contributed by atoms with Crippen LogP contribution in [-0.2, 0) is 20.7 Å². The zero-order valence-corrected chi connectivity index (χ0v) is 26.0. The maximum absolute atomic E-state index is 13.2. The van der Waals surface area contributed by atoms with E-state index in [-0.39, 0.29) is 29.7 Å². The number of rotatable bonds is 18. The topological polar surface area (TPSA) is 112 Å². The van der Waals surface area contributed by atoms with Gasteiger partial charge in [0.15, 0.2) is 11.5 Å². The lowest BCUT2D eigenvalue weighted by Gasteiger charge is -2.32. The largest absolute Gasteiger partial charge is 0.493 e. The number of aliphatic hydroxyl groups excluding tert-OH is 1. The van der Waals surface area contributed by atoms with Crippen molar-refractivity contribution in [2.45, 2.75) is 103 Å². The Morgan fingerprint density at radius 2 is 1.70 bits per heavy atom. The Morgan fingerprint density at radius 1 is 1.00 bits per heavy atom. The standard InChI is InChI=1S/C32H56N2O6/c1-21(2)24(17-23-9-14-30(39-7)31(18-23)40-16-8-15-37-5)19-28(33)29(35)20-27(22(3)4)32(36)34-25-10-12-26(38-6)13-11-25/h9,14,18,21-22,24-29,35H,8,10-13,15-17,19-20,33H2,1-7H3,(H,34,36)/t24-,25-,26+,27-,28-,29-/m0/s1. The minimum absolute atomic E-state index is 0.0267. The molecular weight excluding hydrogens is 508 g/mol. The summed E-state index contributed by atoms with van der Waals surface area (Å²) < 4.78 is 22.0. The van der Waals surface area contributed by atoms with Crippen LogP contribution >= 0.6 is 0 Å². The summed E-state index contributed by atoms with van der Waals surface area (Å²) in [5.41, 5.74) is 7.73. The summed E-state index contributed by atoms with van der Waals surface area (Å²) >= 11 is 0. The summed E-state index contributed by atoms with van der Waals surface area (Å²) in [6, 6.07) is 5.82. The number of hydrogen-bond acceptors (Lipinski definition) is 7. The highest BCUT2D eigenvalue weighted by Crippen LogP contribution is 2.32. The van der Waals surface area contributed by atoms with Gasteiger partial charge >= 0.3 is 0 Å². The van der Waals surface area contributed by atoms with Crippen molar-refractivity contribution in [1.82, 2.24) is 5.32 Å². The molecule has 1 fully saturated rings. The van der Waals surface area contributed by atoms with Crippen LogP contribution in [0.4, 0.5) is 0 Å². The summed E-state index contributed by atoms with van der Waals surface area (Å²) in [6.07, 6.45) is 5.98. The maximum atomic E-state index is 13.2. The van der Waals surface area contributed by atoms with Crippen LogP contribution in [0.15, 0.2) is 18.2 Å². The minimum atomic E-state index is -0.751. The van der Waals surface area contributed by atoms with E-state index >= 15 is 0 Å². The zero-order valence-electron chi connectivity index (χ0n) is 26.0. The van der Waals surface area contributed by atoms with Crippen LogP contribution in [0.3, 0.4) is 0 Å². The number of benzene rings is 1. The lowest BCUT2D eigenvalue weighted by molar-refractivity contribution is -0.128. The molecule has 1 aliphatic rings. The van der Waals surface area contributed by atoms with Crippen LogP contribution in [0.2, 0.25) is 0 Å². The van der Waals surface area contributed by atoms with Crippen molar-refractivity contribution in [2.24, 2.45) is 29.4 Å². The van der Waals surface area contributed by atoms with Gasteiger partial charge in [-0.25, -0.2) is 0 Å². The quantitative estimate of drug-likeness (QED) is 0.221. The molecule has 1 aromatic rings. The van der Waals surface area contributed by atoms with E-state index in [1.807, 2.05) is 26.0 Å². The van der Waals surface area contributed by atoms with Crippen LogP contribution in [0.1, 0.15) is 78.2 Å². The molecular formula is C32H56N2O6. The molecule has 2 rings (SSSR count). The first-order chi connectivity index (χ1) is 19.1. The molecule has 1 amide bonds. The van der Waals surface area contributed by atoms with Gasteiger partial charge in [-0.1, -0.05) is 33.8 Å².